The molecule has 0 saturated carbocycles. The summed E-state index contributed by atoms with van der Waals surface area (Å²) < 4.78 is 9.61. The fourth-order valence-corrected chi connectivity index (χ4v) is 1.06. The van der Waals surface area contributed by atoms with E-state index < -0.39 is 11.9 Å². The van der Waals surface area contributed by atoms with Crippen LogP contribution in [0.4, 0.5) is 0 Å². The van der Waals surface area contributed by atoms with Crippen LogP contribution in [0.5, 0.6) is 0 Å². The van der Waals surface area contributed by atoms with E-state index in [1.807, 2.05) is 0 Å². The summed E-state index contributed by atoms with van der Waals surface area (Å²) >= 11 is 0. The first kappa shape index (κ1) is 9.19. The molecule has 1 atom stereocenters. The second-order valence-corrected chi connectivity index (χ2v) is 2.71. The smallest absolute Gasteiger partial charge is 0.316 e. The zero-order chi connectivity index (χ0) is 8.97. The highest BCUT2D eigenvalue weighted by Gasteiger charge is 2.34. The zero-order valence-corrected chi connectivity index (χ0v) is 6.99. The lowest BCUT2D eigenvalue weighted by Gasteiger charge is -2.28. The highest BCUT2D eigenvalue weighted by Crippen LogP contribution is 2.20. The Kier molecular flexibility index (Phi) is 3.22. The highest BCUT2D eigenvalue weighted by atomic mass is 16.5. The van der Waals surface area contributed by atoms with Crippen LogP contribution in [0.3, 0.4) is 0 Å². The van der Waals surface area contributed by atoms with Crippen molar-refractivity contribution in [1.82, 2.24) is 0 Å². The molecule has 1 saturated heterocycles. The highest BCUT2D eigenvalue weighted by molar-refractivity contribution is 5.88. The van der Waals surface area contributed by atoms with Crippen LogP contribution in [-0.4, -0.2) is 32.1 Å². The minimum absolute atomic E-state index is 0.0292. The van der Waals surface area contributed by atoms with Crippen molar-refractivity contribution < 1.29 is 19.1 Å². The second kappa shape index (κ2) is 4.21. The van der Waals surface area contributed by atoms with Gasteiger partial charge in [-0.25, -0.2) is 0 Å². The molecule has 0 spiro atoms. The lowest BCUT2D eigenvalue weighted by molar-refractivity contribution is -0.159. The molecule has 0 amide bonds. The molecule has 1 fully saturated rings. The van der Waals surface area contributed by atoms with Crippen LogP contribution < -0.4 is 0 Å². The first-order valence-corrected chi connectivity index (χ1v) is 3.99. The van der Waals surface area contributed by atoms with Crippen molar-refractivity contribution in [2.75, 3.05) is 19.8 Å². The van der Waals surface area contributed by atoms with Gasteiger partial charge in [-0.15, -0.1) is 0 Å². The molecule has 4 nitrogen and oxygen atoms in total. The maximum Gasteiger partial charge on any atom is 0.316 e. The summed E-state index contributed by atoms with van der Waals surface area (Å²) in [4.78, 5) is 21.6. The fraction of sp³-hybridized carbons (Fsp3) is 0.750. The number of aldehydes is 1. The Morgan fingerprint density at radius 1 is 1.75 bits per heavy atom. The third-order valence-corrected chi connectivity index (χ3v) is 1.88. The molecule has 0 bridgehead atoms. The van der Waals surface area contributed by atoms with Crippen LogP contribution >= 0.6 is 0 Å². The lowest BCUT2D eigenvalue weighted by atomic mass is 9.92. The molecule has 0 aromatic rings. The third-order valence-electron chi connectivity index (χ3n) is 1.88. The summed E-state index contributed by atoms with van der Waals surface area (Å²) in [6.45, 7) is 3.01. The number of ether oxygens (including phenoxy) is 2. The van der Waals surface area contributed by atoms with Crippen LogP contribution in [0.1, 0.15) is 6.92 Å². The molecule has 0 aromatic heterocycles. The molecule has 0 aliphatic carbocycles. The molecular formula is C8H12O4. The number of carbonyl (C=O) groups excluding carboxylic acids is 2. The van der Waals surface area contributed by atoms with Gasteiger partial charge in [0.1, 0.15) is 12.2 Å². The molecule has 1 heterocycles. The van der Waals surface area contributed by atoms with Crippen LogP contribution in [-0.2, 0) is 19.1 Å². The van der Waals surface area contributed by atoms with E-state index in [1.165, 1.54) is 0 Å². The number of esters is 1. The molecule has 1 aliphatic rings. The Morgan fingerprint density at radius 3 is 2.75 bits per heavy atom. The van der Waals surface area contributed by atoms with Crippen LogP contribution in [0.25, 0.3) is 0 Å². The van der Waals surface area contributed by atoms with Crippen molar-refractivity contribution in [3.63, 3.8) is 0 Å². The van der Waals surface area contributed by atoms with Crippen molar-refractivity contribution in [2.24, 2.45) is 11.8 Å². The Balaban J connectivity index is 2.42. The van der Waals surface area contributed by atoms with Gasteiger partial charge >= 0.3 is 5.97 Å². The standard InChI is InChI=1S/C8H12O4/c1-2-12-8(10)7(3-9)6-4-11-5-6/h3,6-7H,2,4-5H2,1H3. The van der Waals surface area contributed by atoms with E-state index in [1.54, 1.807) is 6.92 Å². The van der Waals surface area contributed by atoms with Crippen molar-refractivity contribution in [3.8, 4) is 0 Å². The Hall–Kier alpha value is -0.900. The number of rotatable bonds is 4. The normalized spacial score (nSPS) is 19.4. The molecular weight excluding hydrogens is 160 g/mol. The molecule has 12 heavy (non-hydrogen) atoms. The fourth-order valence-electron chi connectivity index (χ4n) is 1.06. The van der Waals surface area contributed by atoms with Gasteiger partial charge in [-0.2, -0.15) is 0 Å². The molecule has 0 N–H and O–H groups in total. The summed E-state index contributed by atoms with van der Waals surface area (Å²) in [7, 11) is 0. The summed E-state index contributed by atoms with van der Waals surface area (Å²) in [5, 5.41) is 0. The van der Waals surface area contributed by atoms with Gasteiger partial charge in [0.15, 0.2) is 0 Å². The lowest BCUT2D eigenvalue weighted by Crippen LogP contribution is -2.39. The maximum atomic E-state index is 11.1. The number of hydrogen-bond acceptors (Lipinski definition) is 4. The largest absolute Gasteiger partial charge is 0.465 e. The van der Waals surface area contributed by atoms with Crippen molar-refractivity contribution in [1.29, 1.82) is 0 Å². The third kappa shape index (κ3) is 1.82. The maximum absolute atomic E-state index is 11.1. The summed E-state index contributed by atoms with van der Waals surface area (Å²) in [5.41, 5.74) is 0. The van der Waals surface area contributed by atoms with Gasteiger partial charge in [-0.05, 0) is 6.92 Å². The van der Waals surface area contributed by atoms with Gasteiger partial charge in [-0.3, -0.25) is 4.79 Å². The number of hydrogen-bond donors (Lipinski definition) is 0. The predicted octanol–water partition coefficient (Wildman–Crippen LogP) is 0.0110. The van der Waals surface area contributed by atoms with Gasteiger partial charge in [0, 0.05) is 5.92 Å². The number of carbonyl (C=O) groups is 2. The quantitative estimate of drug-likeness (QED) is 0.340. The van der Waals surface area contributed by atoms with Crippen LogP contribution in [0, 0.1) is 11.8 Å². The van der Waals surface area contributed by atoms with E-state index in [0.29, 0.717) is 26.1 Å². The molecule has 1 rings (SSSR count). The van der Waals surface area contributed by atoms with Crippen molar-refractivity contribution >= 4 is 12.3 Å². The van der Waals surface area contributed by atoms with Crippen molar-refractivity contribution in [3.05, 3.63) is 0 Å². The van der Waals surface area contributed by atoms with E-state index in [-0.39, 0.29) is 5.92 Å². The molecule has 1 aliphatic heterocycles. The molecule has 1 unspecified atom stereocenters. The van der Waals surface area contributed by atoms with E-state index >= 15 is 0 Å². The molecule has 68 valence electrons. The first-order valence-electron chi connectivity index (χ1n) is 3.99. The topological polar surface area (TPSA) is 52.6 Å². The van der Waals surface area contributed by atoms with E-state index in [0.717, 1.165) is 0 Å². The monoisotopic (exact) mass is 172 g/mol. The predicted molar refractivity (Wildman–Crippen MR) is 40.5 cm³/mol. The minimum atomic E-state index is -0.626. The summed E-state index contributed by atoms with van der Waals surface area (Å²) in [6, 6.07) is 0. The van der Waals surface area contributed by atoms with Crippen LogP contribution in [0.15, 0.2) is 0 Å². The minimum Gasteiger partial charge on any atom is -0.465 e. The molecule has 0 radical (unpaired) electrons. The van der Waals surface area contributed by atoms with Gasteiger partial charge in [0.05, 0.1) is 19.8 Å². The first-order chi connectivity index (χ1) is 5.79. The van der Waals surface area contributed by atoms with Gasteiger partial charge in [0.25, 0.3) is 0 Å². The zero-order valence-electron chi connectivity index (χ0n) is 6.99. The van der Waals surface area contributed by atoms with Gasteiger partial charge < -0.3 is 14.3 Å². The average molecular weight is 172 g/mol. The Bertz CT molecular complexity index is 174. The molecule has 4 heteroatoms. The van der Waals surface area contributed by atoms with Crippen molar-refractivity contribution in [2.45, 2.75) is 6.92 Å². The second-order valence-electron chi connectivity index (χ2n) is 2.71. The average Bonchev–Trinajstić information content (AvgIpc) is 1.96. The Labute approximate surface area is 70.8 Å². The molecule has 0 aromatic carbocycles. The van der Waals surface area contributed by atoms with E-state index in [4.69, 9.17) is 9.47 Å². The van der Waals surface area contributed by atoms with Gasteiger partial charge in [-0.1, -0.05) is 0 Å². The van der Waals surface area contributed by atoms with Crippen LogP contribution in [0.2, 0.25) is 0 Å². The summed E-state index contributed by atoms with van der Waals surface area (Å²) in [5.74, 6) is -1.03. The SMILES string of the molecule is CCOC(=O)C(C=O)C1COC1. The van der Waals surface area contributed by atoms with E-state index in [2.05, 4.69) is 0 Å². The van der Waals surface area contributed by atoms with Gasteiger partial charge in [0.2, 0.25) is 0 Å². The Morgan fingerprint density at radius 2 is 2.42 bits per heavy atom. The summed E-state index contributed by atoms with van der Waals surface area (Å²) in [6.07, 6.45) is 0.644. The van der Waals surface area contributed by atoms with E-state index in [9.17, 15) is 9.59 Å².